The van der Waals surface area contributed by atoms with Crippen molar-refractivity contribution in [3.63, 3.8) is 0 Å². The molecule has 0 unspecified atom stereocenters. The highest BCUT2D eigenvalue weighted by Gasteiger charge is 2.19. The first kappa shape index (κ1) is 19.2. The Morgan fingerprint density at radius 1 is 1.04 bits per heavy atom. The number of benzene rings is 2. The summed E-state index contributed by atoms with van der Waals surface area (Å²) >= 11 is 18.4. The lowest BCUT2D eigenvalue weighted by atomic mass is 10.0. The molecule has 0 aliphatic heterocycles. The Bertz CT molecular complexity index is 995. The van der Waals surface area contributed by atoms with Crippen LogP contribution in [0.25, 0.3) is 0 Å². The number of hydrogen-bond acceptors (Lipinski definition) is 5. The minimum atomic E-state index is -0.505. The van der Waals surface area contributed by atoms with Crippen molar-refractivity contribution in [2.45, 2.75) is 6.54 Å². The number of nitrogens with one attached hydrogen (secondary N) is 2. The van der Waals surface area contributed by atoms with Gasteiger partial charge in [0.2, 0.25) is 0 Å². The fourth-order valence-electron chi connectivity index (χ4n) is 2.36. The summed E-state index contributed by atoms with van der Waals surface area (Å²) in [5, 5.41) is 13.0. The second-order valence-corrected chi connectivity index (χ2v) is 6.76. The second-order valence-electron chi connectivity index (χ2n) is 5.51. The number of nitrogens with two attached hydrogens (primary N) is 1. The molecule has 0 saturated carbocycles. The summed E-state index contributed by atoms with van der Waals surface area (Å²) < 4.78 is 0. The number of ketones is 1. The highest BCUT2D eigenvalue weighted by atomic mass is 35.5. The van der Waals surface area contributed by atoms with Gasteiger partial charge in [0.1, 0.15) is 0 Å². The van der Waals surface area contributed by atoms with Gasteiger partial charge in [0.15, 0.2) is 17.3 Å². The van der Waals surface area contributed by atoms with E-state index in [0.29, 0.717) is 16.1 Å². The number of aromatic nitrogens is 3. The van der Waals surface area contributed by atoms with Crippen LogP contribution in [0.15, 0.2) is 36.4 Å². The van der Waals surface area contributed by atoms with Crippen LogP contribution < -0.4 is 11.1 Å². The first-order chi connectivity index (χ1) is 12.9. The summed E-state index contributed by atoms with van der Waals surface area (Å²) in [5.74, 6) is -0.838. The molecule has 0 atom stereocenters. The van der Waals surface area contributed by atoms with Gasteiger partial charge in [-0.05, 0) is 42.0 Å². The smallest absolute Gasteiger partial charge is 0.275 e. The van der Waals surface area contributed by atoms with Crippen LogP contribution in [0.3, 0.4) is 0 Å². The number of carbonyl (C=O) groups is 2. The molecule has 10 heteroatoms. The molecule has 7 nitrogen and oxygen atoms in total. The topological polar surface area (TPSA) is 114 Å². The van der Waals surface area contributed by atoms with E-state index in [1.54, 1.807) is 36.4 Å². The average Bonchev–Trinajstić information content (AvgIpc) is 3.05. The van der Waals surface area contributed by atoms with E-state index >= 15 is 0 Å². The van der Waals surface area contributed by atoms with Crippen molar-refractivity contribution in [3.05, 3.63) is 73.9 Å². The van der Waals surface area contributed by atoms with Crippen LogP contribution >= 0.6 is 34.8 Å². The van der Waals surface area contributed by atoms with Crippen molar-refractivity contribution >= 4 is 52.3 Å². The number of carbonyl (C=O) groups excluding carboxylic acids is 2. The van der Waals surface area contributed by atoms with Gasteiger partial charge in [0, 0.05) is 17.1 Å². The Morgan fingerprint density at radius 2 is 1.67 bits per heavy atom. The fraction of sp³-hybridized carbons (Fsp3) is 0.0588. The molecule has 3 aromatic rings. The minimum absolute atomic E-state index is 0.00697. The molecule has 0 fully saturated rings. The molecule has 0 aliphatic carbocycles. The lowest BCUT2D eigenvalue weighted by Gasteiger charge is -2.10. The molecule has 4 N–H and O–H groups in total. The van der Waals surface area contributed by atoms with Crippen molar-refractivity contribution in [2.75, 3.05) is 5.73 Å². The molecule has 0 saturated heterocycles. The van der Waals surface area contributed by atoms with Gasteiger partial charge in [-0.25, -0.2) is 0 Å². The molecule has 0 spiro atoms. The summed E-state index contributed by atoms with van der Waals surface area (Å²) in [5.41, 5.74) is 6.70. The zero-order valence-corrected chi connectivity index (χ0v) is 15.9. The number of amides is 1. The first-order valence-corrected chi connectivity index (χ1v) is 8.73. The number of nitrogen functional groups attached to an aromatic ring is 1. The van der Waals surface area contributed by atoms with Crippen molar-refractivity contribution in [2.24, 2.45) is 0 Å². The summed E-state index contributed by atoms with van der Waals surface area (Å²) in [6, 6.07) is 9.51. The maximum Gasteiger partial charge on any atom is 0.275 e. The average molecular weight is 425 g/mol. The standard InChI is InChI=1S/C17H12Cl3N5O2/c18-10-3-1-9(2-4-10)15(26)13-11(19)5-8(6-12(13)20)7-22-17(27)14-16(21)24-25-23-14/h1-6H,7H2,(H,22,27)(H3,21,23,24,25). The van der Waals surface area contributed by atoms with E-state index in [-0.39, 0.29) is 39.4 Å². The number of halogens is 3. The van der Waals surface area contributed by atoms with Crippen LogP contribution in [-0.4, -0.2) is 27.1 Å². The second kappa shape index (κ2) is 7.96. The van der Waals surface area contributed by atoms with Crippen molar-refractivity contribution in [1.29, 1.82) is 0 Å². The van der Waals surface area contributed by atoms with Gasteiger partial charge >= 0.3 is 0 Å². The molecule has 0 aliphatic rings. The maximum absolute atomic E-state index is 12.7. The van der Waals surface area contributed by atoms with Gasteiger partial charge in [-0.3, -0.25) is 9.59 Å². The Hall–Kier alpha value is -2.61. The third kappa shape index (κ3) is 4.21. The molecule has 27 heavy (non-hydrogen) atoms. The lowest BCUT2D eigenvalue weighted by molar-refractivity contribution is 0.0946. The largest absolute Gasteiger partial charge is 0.380 e. The zero-order chi connectivity index (χ0) is 19.6. The summed E-state index contributed by atoms with van der Waals surface area (Å²) in [4.78, 5) is 24.7. The van der Waals surface area contributed by atoms with E-state index in [0.717, 1.165) is 0 Å². The Balaban J connectivity index is 1.78. The monoisotopic (exact) mass is 423 g/mol. The molecule has 0 radical (unpaired) electrons. The van der Waals surface area contributed by atoms with Crippen LogP contribution in [-0.2, 0) is 6.54 Å². The van der Waals surface area contributed by atoms with Gasteiger partial charge in [-0.15, -0.1) is 10.2 Å². The third-order valence-corrected chi connectivity index (χ3v) is 4.53. The van der Waals surface area contributed by atoms with Crippen molar-refractivity contribution in [1.82, 2.24) is 20.7 Å². The number of rotatable bonds is 5. The molecule has 2 aromatic carbocycles. The van der Waals surface area contributed by atoms with E-state index in [9.17, 15) is 9.59 Å². The highest BCUT2D eigenvalue weighted by molar-refractivity contribution is 6.41. The van der Waals surface area contributed by atoms with E-state index in [1.165, 1.54) is 0 Å². The van der Waals surface area contributed by atoms with Crippen molar-refractivity contribution < 1.29 is 9.59 Å². The normalized spacial score (nSPS) is 10.6. The predicted molar refractivity (Wildman–Crippen MR) is 103 cm³/mol. The zero-order valence-electron chi connectivity index (χ0n) is 13.6. The first-order valence-electron chi connectivity index (χ1n) is 7.59. The quantitative estimate of drug-likeness (QED) is 0.542. The van der Waals surface area contributed by atoms with E-state index in [1.807, 2.05) is 0 Å². The predicted octanol–water partition coefficient (Wildman–Crippen LogP) is 3.51. The SMILES string of the molecule is Nc1n[nH]nc1C(=O)NCc1cc(Cl)c(C(=O)c2ccc(Cl)cc2)c(Cl)c1. The number of aromatic amines is 1. The van der Waals surface area contributed by atoms with Gasteiger partial charge in [0.25, 0.3) is 5.91 Å². The van der Waals surface area contributed by atoms with Crippen LogP contribution in [0.5, 0.6) is 0 Å². The number of nitrogens with zero attached hydrogens (tertiary/aromatic N) is 2. The van der Waals surface area contributed by atoms with Crippen LogP contribution in [0.1, 0.15) is 32.0 Å². The molecule has 0 bridgehead atoms. The minimum Gasteiger partial charge on any atom is -0.380 e. The van der Waals surface area contributed by atoms with Gasteiger partial charge in [-0.2, -0.15) is 5.21 Å². The summed E-state index contributed by atoms with van der Waals surface area (Å²) in [6.45, 7) is 0.111. The maximum atomic E-state index is 12.7. The van der Waals surface area contributed by atoms with Crippen LogP contribution in [0.2, 0.25) is 15.1 Å². The molecule has 1 amide bonds. The van der Waals surface area contributed by atoms with E-state index in [4.69, 9.17) is 40.5 Å². The van der Waals surface area contributed by atoms with Gasteiger partial charge < -0.3 is 11.1 Å². The third-order valence-electron chi connectivity index (χ3n) is 3.68. The van der Waals surface area contributed by atoms with Gasteiger partial charge in [-0.1, -0.05) is 34.8 Å². The van der Waals surface area contributed by atoms with E-state index < -0.39 is 5.91 Å². The molecule has 1 aromatic heterocycles. The molecular weight excluding hydrogens is 413 g/mol. The Labute approximate surface area is 168 Å². The summed E-state index contributed by atoms with van der Waals surface area (Å²) in [7, 11) is 0. The Morgan fingerprint density at radius 3 is 2.22 bits per heavy atom. The van der Waals surface area contributed by atoms with E-state index in [2.05, 4.69) is 20.7 Å². The lowest BCUT2D eigenvalue weighted by Crippen LogP contribution is -2.24. The Kier molecular flexibility index (Phi) is 5.65. The van der Waals surface area contributed by atoms with Crippen LogP contribution in [0.4, 0.5) is 5.82 Å². The van der Waals surface area contributed by atoms with Gasteiger partial charge in [0.05, 0.1) is 15.6 Å². The summed E-state index contributed by atoms with van der Waals surface area (Å²) in [6.07, 6.45) is 0. The molecular formula is C17H12Cl3N5O2. The molecule has 138 valence electrons. The number of H-pyrrole nitrogens is 1. The number of hydrogen-bond donors (Lipinski definition) is 3. The fourth-order valence-corrected chi connectivity index (χ4v) is 3.19. The molecule has 1 heterocycles. The van der Waals surface area contributed by atoms with Crippen molar-refractivity contribution in [3.8, 4) is 0 Å². The van der Waals surface area contributed by atoms with Crippen LogP contribution in [0, 0.1) is 0 Å². The number of anilines is 1. The molecule has 3 rings (SSSR count). The highest BCUT2D eigenvalue weighted by Crippen LogP contribution is 2.29.